The van der Waals surface area contributed by atoms with Crippen LogP contribution in [-0.4, -0.2) is 49.6 Å². The molecule has 7 nitrogen and oxygen atoms in total. The van der Waals surface area contributed by atoms with Crippen molar-refractivity contribution in [2.75, 3.05) is 38.0 Å². The van der Waals surface area contributed by atoms with Gasteiger partial charge < -0.3 is 25.6 Å². The number of carbonyl (C=O) groups is 2. The first-order chi connectivity index (χ1) is 15.0. The quantitative estimate of drug-likeness (QED) is 0.597. The van der Waals surface area contributed by atoms with Crippen LogP contribution >= 0.6 is 0 Å². The highest BCUT2D eigenvalue weighted by Gasteiger charge is 2.15. The van der Waals surface area contributed by atoms with Crippen molar-refractivity contribution in [1.82, 2.24) is 15.5 Å². The molecule has 3 rings (SSSR count). The predicted molar refractivity (Wildman–Crippen MR) is 123 cm³/mol. The van der Waals surface area contributed by atoms with Crippen LogP contribution in [0.2, 0.25) is 0 Å². The molecule has 1 saturated heterocycles. The Morgan fingerprint density at radius 2 is 1.77 bits per heavy atom. The molecule has 0 atom stereocenters. The number of hydrogen-bond acceptors (Lipinski definition) is 4. The highest BCUT2D eigenvalue weighted by molar-refractivity contribution is 5.98. The third-order valence-electron chi connectivity index (χ3n) is 5.45. The van der Waals surface area contributed by atoms with Crippen molar-refractivity contribution >= 4 is 17.6 Å². The summed E-state index contributed by atoms with van der Waals surface area (Å²) in [5.74, 6) is 0.976. The van der Waals surface area contributed by atoms with Crippen LogP contribution in [0.3, 0.4) is 0 Å². The molecule has 0 aromatic heterocycles. The number of carbonyl (C=O) groups excluding carboxylic acids is 2. The van der Waals surface area contributed by atoms with Crippen LogP contribution in [0.5, 0.6) is 11.5 Å². The molecule has 0 bridgehead atoms. The largest absolute Gasteiger partial charge is 0.455 e. The molecule has 7 heteroatoms. The number of hydrogen-bond donors (Lipinski definition) is 3. The maximum absolute atomic E-state index is 12.6. The fourth-order valence-electron chi connectivity index (χ4n) is 3.53. The minimum absolute atomic E-state index is 0.170. The van der Waals surface area contributed by atoms with Gasteiger partial charge in [0.05, 0.1) is 5.69 Å². The molecule has 0 spiro atoms. The SMILES string of the molecule is CCNC(=O)Nc1cc(C(=O)NCCN2CCCC2)ccc1Oc1ccc(C)c(C)c1. The number of likely N-dealkylation sites (tertiary alicyclic amines) is 1. The highest BCUT2D eigenvalue weighted by atomic mass is 16.5. The van der Waals surface area contributed by atoms with Crippen molar-refractivity contribution in [2.45, 2.75) is 33.6 Å². The van der Waals surface area contributed by atoms with Gasteiger partial charge in [0.15, 0.2) is 5.75 Å². The molecule has 0 unspecified atom stereocenters. The number of rotatable bonds is 8. The maximum atomic E-state index is 12.6. The predicted octanol–water partition coefficient (Wildman–Crippen LogP) is 4.06. The van der Waals surface area contributed by atoms with Crippen molar-refractivity contribution in [3.05, 3.63) is 53.1 Å². The van der Waals surface area contributed by atoms with E-state index < -0.39 is 0 Å². The molecule has 0 saturated carbocycles. The van der Waals surface area contributed by atoms with E-state index in [4.69, 9.17) is 4.74 Å². The van der Waals surface area contributed by atoms with E-state index in [1.807, 2.05) is 39.0 Å². The van der Waals surface area contributed by atoms with Gasteiger partial charge in [-0.05, 0) is 88.2 Å². The molecule has 31 heavy (non-hydrogen) atoms. The molecule has 3 amide bonds. The van der Waals surface area contributed by atoms with E-state index >= 15 is 0 Å². The highest BCUT2D eigenvalue weighted by Crippen LogP contribution is 2.31. The molecule has 1 heterocycles. The summed E-state index contributed by atoms with van der Waals surface area (Å²) >= 11 is 0. The molecule has 2 aromatic carbocycles. The molecular formula is C24H32N4O3. The lowest BCUT2D eigenvalue weighted by Crippen LogP contribution is -2.33. The van der Waals surface area contributed by atoms with Crippen LogP contribution in [0.15, 0.2) is 36.4 Å². The second-order valence-corrected chi connectivity index (χ2v) is 7.85. The van der Waals surface area contributed by atoms with Gasteiger partial charge in [0.2, 0.25) is 0 Å². The molecule has 1 fully saturated rings. The number of anilines is 1. The second-order valence-electron chi connectivity index (χ2n) is 7.85. The lowest BCUT2D eigenvalue weighted by Gasteiger charge is -2.16. The number of benzene rings is 2. The number of nitrogens with one attached hydrogen (secondary N) is 3. The van der Waals surface area contributed by atoms with E-state index in [9.17, 15) is 9.59 Å². The van der Waals surface area contributed by atoms with Gasteiger partial charge in [-0.25, -0.2) is 4.79 Å². The molecule has 1 aliphatic rings. The van der Waals surface area contributed by atoms with E-state index in [2.05, 4.69) is 20.9 Å². The van der Waals surface area contributed by atoms with Gasteiger partial charge in [-0.1, -0.05) is 6.07 Å². The van der Waals surface area contributed by atoms with Gasteiger partial charge in [0.25, 0.3) is 5.91 Å². The standard InChI is InChI=1S/C24H32N4O3/c1-4-25-24(30)27-21-16-19(23(29)26-11-14-28-12-5-6-13-28)8-10-22(21)31-20-9-7-17(2)18(3)15-20/h7-10,15-16H,4-6,11-14H2,1-3H3,(H,26,29)(H2,25,27,30). The molecule has 0 aliphatic carbocycles. The minimum Gasteiger partial charge on any atom is -0.455 e. The Balaban J connectivity index is 1.73. The fourth-order valence-corrected chi connectivity index (χ4v) is 3.53. The number of aryl methyl sites for hydroxylation is 2. The van der Waals surface area contributed by atoms with Crippen LogP contribution in [-0.2, 0) is 0 Å². The number of nitrogens with zero attached hydrogens (tertiary/aromatic N) is 1. The van der Waals surface area contributed by atoms with Gasteiger partial charge in [-0.2, -0.15) is 0 Å². The van der Waals surface area contributed by atoms with Gasteiger partial charge in [0.1, 0.15) is 5.75 Å². The summed E-state index contributed by atoms with van der Waals surface area (Å²) in [7, 11) is 0. The number of amides is 3. The number of urea groups is 1. The van der Waals surface area contributed by atoms with E-state index in [0.29, 0.717) is 35.8 Å². The third-order valence-corrected chi connectivity index (χ3v) is 5.45. The summed E-state index contributed by atoms with van der Waals surface area (Å²) < 4.78 is 6.03. The first-order valence-corrected chi connectivity index (χ1v) is 10.9. The third kappa shape index (κ3) is 6.46. The Labute approximate surface area is 184 Å². The van der Waals surface area contributed by atoms with Crippen LogP contribution < -0.4 is 20.7 Å². The van der Waals surface area contributed by atoms with Crippen LogP contribution in [0.25, 0.3) is 0 Å². The van der Waals surface area contributed by atoms with Crippen molar-refractivity contribution < 1.29 is 14.3 Å². The summed E-state index contributed by atoms with van der Waals surface area (Å²) in [5, 5.41) is 8.46. The zero-order chi connectivity index (χ0) is 22.2. The van der Waals surface area contributed by atoms with E-state index in [1.54, 1.807) is 18.2 Å². The number of ether oxygens (including phenoxy) is 1. The Morgan fingerprint density at radius 1 is 1.00 bits per heavy atom. The summed E-state index contributed by atoms with van der Waals surface area (Å²) in [6.45, 7) is 10.0. The molecule has 166 valence electrons. The summed E-state index contributed by atoms with van der Waals surface area (Å²) in [6.07, 6.45) is 2.45. The molecule has 2 aromatic rings. The maximum Gasteiger partial charge on any atom is 0.319 e. The normalized spacial score (nSPS) is 13.6. The van der Waals surface area contributed by atoms with Gasteiger partial charge in [-0.15, -0.1) is 0 Å². The lowest BCUT2D eigenvalue weighted by molar-refractivity contribution is 0.0949. The first-order valence-electron chi connectivity index (χ1n) is 10.9. The average molecular weight is 425 g/mol. The van der Waals surface area contributed by atoms with Crippen LogP contribution in [0.4, 0.5) is 10.5 Å². The van der Waals surface area contributed by atoms with Gasteiger partial charge in [-0.3, -0.25) is 4.79 Å². The van der Waals surface area contributed by atoms with E-state index in [1.165, 1.54) is 18.4 Å². The topological polar surface area (TPSA) is 82.7 Å². The van der Waals surface area contributed by atoms with Crippen molar-refractivity contribution in [3.8, 4) is 11.5 Å². The molecule has 1 aliphatic heterocycles. The lowest BCUT2D eigenvalue weighted by atomic mass is 10.1. The van der Waals surface area contributed by atoms with E-state index in [0.717, 1.165) is 25.2 Å². The second kappa shape index (κ2) is 10.8. The minimum atomic E-state index is -0.348. The van der Waals surface area contributed by atoms with Crippen molar-refractivity contribution in [1.29, 1.82) is 0 Å². The zero-order valence-electron chi connectivity index (χ0n) is 18.6. The van der Waals surface area contributed by atoms with Crippen molar-refractivity contribution in [3.63, 3.8) is 0 Å². The van der Waals surface area contributed by atoms with Crippen molar-refractivity contribution in [2.24, 2.45) is 0 Å². The van der Waals surface area contributed by atoms with E-state index in [-0.39, 0.29) is 11.9 Å². The summed E-state index contributed by atoms with van der Waals surface area (Å²) in [4.78, 5) is 27.1. The summed E-state index contributed by atoms with van der Waals surface area (Å²) in [6, 6.07) is 10.6. The first kappa shape index (κ1) is 22.6. The molecule has 3 N–H and O–H groups in total. The van der Waals surface area contributed by atoms with Crippen LogP contribution in [0, 0.1) is 13.8 Å². The zero-order valence-corrected chi connectivity index (χ0v) is 18.6. The Bertz CT molecular complexity index is 923. The Kier molecular flexibility index (Phi) is 7.89. The Morgan fingerprint density at radius 3 is 2.48 bits per heavy atom. The van der Waals surface area contributed by atoms with Crippen LogP contribution in [0.1, 0.15) is 41.3 Å². The Hall–Kier alpha value is -3.06. The summed E-state index contributed by atoms with van der Waals surface area (Å²) in [5.41, 5.74) is 3.20. The molecular weight excluding hydrogens is 392 g/mol. The molecule has 0 radical (unpaired) electrons. The van der Waals surface area contributed by atoms with Gasteiger partial charge in [0, 0.05) is 25.2 Å². The monoisotopic (exact) mass is 424 g/mol. The van der Waals surface area contributed by atoms with Gasteiger partial charge >= 0.3 is 6.03 Å². The average Bonchev–Trinajstić information content (AvgIpc) is 3.25. The smallest absolute Gasteiger partial charge is 0.319 e. The fraction of sp³-hybridized carbons (Fsp3) is 0.417.